The molecule has 0 aliphatic rings. The third-order valence-electron chi connectivity index (χ3n) is 3.35. The molecular formula is C17H31NO4. The number of rotatable bonds is 12. The Labute approximate surface area is 134 Å². The van der Waals surface area contributed by atoms with Gasteiger partial charge in [0.15, 0.2) is 0 Å². The van der Waals surface area contributed by atoms with Crippen LogP contribution in [0.4, 0.5) is 0 Å². The average Bonchev–Trinajstić information content (AvgIpc) is 2.40. The minimum absolute atomic E-state index is 0.0830. The number of hydrogen-bond acceptors (Lipinski definition) is 4. The lowest BCUT2D eigenvalue weighted by molar-refractivity contribution is -0.148. The van der Waals surface area contributed by atoms with Crippen molar-refractivity contribution in [3.63, 3.8) is 0 Å². The third kappa shape index (κ3) is 12.4. The number of ketones is 1. The van der Waals surface area contributed by atoms with Gasteiger partial charge in [-0.2, -0.15) is 0 Å². The summed E-state index contributed by atoms with van der Waals surface area (Å²) >= 11 is 0. The molecule has 1 amide bonds. The number of hydrogen-bond donors (Lipinski definition) is 1. The average molecular weight is 313 g/mol. The molecule has 0 aromatic heterocycles. The molecule has 0 aliphatic carbocycles. The summed E-state index contributed by atoms with van der Waals surface area (Å²) in [5.74, 6) is 0.146. The molecule has 0 heterocycles. The first-order chi connectivity index (χ1) is 10.3. The normalized spacial score (nSPS) is 12.0. The molecule has 0 saturated heterocycles. The second-order valence-electron chi connectivity index (χ2n) is 6.26. The zero-order valence-corrected chi connectivity index (χ0v) is 14.4. The number of ether oxygens (including phenoxy) is 1. The van der Waals surface area contributed by atoms with Gasteiger partial charge in [-0.1, -0.05) is 39.5 Å². The van der Waals surface area contributed by atoms with Gasteiger partial charge in [0, 0.05) is 13.3 Å². The standard InChI is InChI=1S/C17H31NO4/c1-13(2)9-6-5-7-11-16(18-15(4)20)17(21)22-12-8-10-14(3)19/h13,16H,5-12H2,1-4H3,(H,18,20). The second-order valence-corrected chi connectivity index (χ2v) is 6.26. The maximum atomic E-state index is 12.0. The molecule has 0 aromatic carbocycles. The van der Waals surface area contributed by atoms with Gasteiger partial charge >= 0.3 is 5.97 Å². The van der Waals surface area contributed by atoms with Crippen molar-refractivity contribution in [2.75, 3.05) is 6.61 Å². The van der Waals surface area contributed by atoms with Crippen LogP contribution in [0.25, 0.3) is 0 Å². The maximum absolute atomic E-state index is 12.0. The molecule has 0 spiro atoms. The highest BCUT2D eigenvalue weighted by molar-refractivity contribution is 5.83. The highest BCUT2D eigenvalue weighted by atomic mass is 16.5. The molecule has 0 radical (unpaired) electrons. The summed E-state index contributed by atoms with van der Waals surface area (Å²) in [6.07, 6.45) is 5.79. The summed E-state index contributed by atoms with van der Waals surface area (Å²) in [5, 5.41) is 2.65. The molecule has 5 heteroatoms. The molecule has 0 fully saturated rings. The van der Waals surface area contributed by atoms with E-state index in [9.17, 15) is 14.4 Å². The largest absolute Gasteiger partial charge is 0.464 e. The van der Waals surface area contributed by atoms with Gasteiger partial charge in [0.1, 0.15) is 11.8 Å². The first kappa shape index (κ1) is 20.6. The molecule has 1 N–H and O–H groups in total. The Morgan fingerprint density at radius 2 is 1.59 bits per heavy atom. The van der Waals surface area contributed by atoms with Gasteiger partial charge in [-0.3, -0.25) is 4.79 Å². The van der Waals surface area contributed by atoms with E-state index in [1.807, 2.05) is 0 Å². The molecule has 0 bridgehead atoms. The fraction of sp³-hybridized carbons (Fsp3) is 0.824. The van der Waals surface area contributed by atoms with E-state index in [0.717, 1.165) is 19.3 Å². The van der Waals surface area contributed by atoms with E-state index in [0.29, 0.717) is 25.2 Å². The Kier molecular flexibility index (Phi) is 11.4. The molecule has 128 valence electrons. The van der Waals surface area contributed by atoms with Gasteiger partial charge in [-0.05, 0) is 25.7 Å². The van der Waals surface area contributed by atoms with E-state index in [4.69, 9.17) is 4.74 Å². The molecule has 22 heavy (non-hydrogen) atoms. The number of unbranched alkanes of at least 4 members (excludes halogenated alkanes) is 2. The van der Waals surface area contributed by atoms with Crippen molar-refractivity contribution in [2.45, 2.75) is 78.7 Å². The van der Waals surface area contributed by atoms with E-state index in [1.54, 1.807) is 0 Å². The van der Waals surface area contributed by atoms with E-state index in [2.05, 4.69) is 19.2 Å². The SMILES string of the molecule is CC(=O)CCCOC(=O)C(CCCCCC(C)C)NC(C)=O. The Hall–Kier alpha value is -1.39. The fourth-order valence-corrected chi connectivity index (χ4v) is 2.17. The van der Waals surface area contributed by atoms with Gasteiger partial charge < -0.3 is 14.8 Å². The summed E-state index contributed by atoms with van der Waals surface area (Å²) in [7, 11) is 0. The van der Waals surface area contributed by atoms with Crippen molar-refractivity contribution >= 4 is 17.7 Å². The fourth-order valence-electron chi connectivity index (χ4n) is 2.17. The number of amides is 1. The Balaban J connectivity index is 4.06. The van der Waals surface area contributed by atoms with Gasteiger partial charge in [-0.15, -0.1) is 0 Å². The summed E-state index contributed by atoms with van der Waals surface area (Å²) in [5.41, 5.74) is 0. The predicted octanol–water partition coefficient (Wildman–Crippen LogP) is 3.01. The molecule has 0 aliphatic heterocycles. The van der Waals surface area contributed by atoms with Crippen molar-refractivity contribution in [3.8, 4) is 0 Å². The topological polar surface area (TPSA) is 72.5 Å². The van der Waals surface area contributed by atoms with Crippen molar-refractivity contribution < 1.29 is 19.1 Å². The molecule has 0 aromatic rings. The molecule has 1 atom stereocenters. The third-order valence-corrected chi connectivity index (χ3v) is 3.35. The minimum Gasteiger partial charge on any atom is -0.464 e. The van der Waals surface area contributed by atoms with Crippen LogP contribution < -0.4 is 5.32 Å². The van der Waals surface area contributed by atoms with Gasteiger partial charge in [0.2, 0.25) is 5.91 Å². The van der Waals surface area contributed by atoms with Crippen LogP contribution in [-0.2, 0) is 19.1 Å². The van der Waals surface area contributed by atoms with Crippen LogP contribution in [0.15, 0.2) is 0 Å². The van der Waals surface area contributed by atoms with Crippen LogP contribution in [0.1, 0.15) is 72.6 Å². The van der Waals surface area contributed by atoms with Gasteiger partial charge in [0.25, 0.3) is 0 Å². The summed E-state index contributed by atoms with van der Waals surface area (Å²) < 4.78 is 5.14. The number of carbonyl (C=O) groups is 3. The zero-order chi connectivity index (χ0) is 17.0. The first-order valence-corrected chi connectivity index (χ1v) is 8.26. The van der Waals surface area contributed by atoms with Gasteiger partial charge in [0.05, 0.1) is 6.61 Å². The van der Waals surface area contributed by atoms with E-state index >= 15 is 0 Å². The lowest BCUT2D eigenvalue weighted by Crippen LogP contribution is -2.40. The number of esters is 1. The van der Waals surface area contributed by atoms with Gasteiger partial charge in [-0.25, -0.2) is 4.79 Å². The van der Waals surface area contributed by atoms with E-state index in [1.165, 1.54) is 20.3 Å². The smallest absolute Gasteiger partial charge is 0.328 e. The van der Waals surface area contributed by atoms with Crippen LogP contribution in [0.3, 0.4) is 0 Å². The molecule has 5 nitrogen and oxygen atoms in total. The van der Waals surface area contributed by atoms with Crippen molar-refractivity contribution in [1.82, 2.24) is 5.32 Å². The second kappa shape index (κ2) is 12.2. The van der Waals surface area contributed by atoms with E-state index in [-0.39, 0.29) is 18.3 Å². The lowest BCUT2D eigenvalue weighted by atomic mass is 10.0. The summed E-state index contributed by atoms with van der Waals surface area (Å²) in [4.78, 5) is 34.0. The molecule has 0 saturated carbocycles. The maximum Gasteiger partial charge on any atom is 0.328 e. The number of carbonyl (C=O) groups excluding carboxylic acids is 3. The Morgan fingerprint density at radius 1 is 0.955 bits per heavy atom. The van der Waals surface area contributed by atoms with Crippen molar-refractivity contribution in [1.29, 1.82) is 0 Å². The Morgan fingerprint density at radius 3 is 2.14 bits per heavy atom. The predicted molar refractivity (Wildman–Crippen MR) is 86.4 cm³/mol. The minimum atomic E-state index is -0.575. The monoisotopic (exact) mass is 313 g/mol. The summed E-state index contributed by atoms with van der Waals surface area (Å²) in [6, 6.07) is -0.575. The number of Topliss-reactive ketones (excluding diaryl/α,β-unsaturated/α-hetero) is 1. The molecule has 0 rings (SSSR count). The molecular weight excluding hydrogens is 282 g/mol. The van der Waals surface area contributed by atoms with Crippen LogP contribution in [0.2, 0.25) is 0 Å². The zero-order valence-electron chi connectivity index (χ0n) is 14.4. The first-order valence-electron chi connectivity index (χ1n) is 8.26. The van der Waals surface area contributed by atoms with Crippen LogP contribution in [0, 0.1) is 5.92 Å². The van der Waals surface area contributed by atoms with Crippen LogP contribution in [-0.4, -0.2) is 30.3 Å². The lowest BCUT2D eigenvalue weighted by Gasteiger charge is -2.16. The highest BCUT2D eigenvalue weighted by Crippen LogP contribution is 2.11. The van der Waals surface area contributed by atoms with Crippen LogP contribution >= 0.6 is 0 Å². The summed E-state index contributed by atoms with van der Waals surface area (Å²) in [6.45, 7) is 7.52. The Bertz CT molecular complexity index is 353. The van der Waals surface area contributed by atoms with Crippen LogP contribution in [0.5, 0.6) is 0 Å². The van der Waals surface area contributed by atoms with Crippen molar-refractivity contribution in [2.24, 2.45) is 5.92 Å². The quantitative estimate of drug-likeness (QED) is 0.444. The highest BCUT2D eigenvalue weighted by Gasteiger charge is 2.20. The molecule has 1 unspecified atom stereocenters. The number of nitrogens with one attached hydrogen (secondary N) is 1. The van der Waals surface area contributed by atoms with Crippen molar-refractivity contribution in [3.05, 3.63) is 0 Å². The van der Waals surface area contributed by atoms with E-state index < -0.39 is 12.0 Å².